The zero-order valence-corrected chi connectivity index (χ0v) is 23.1. The summed E-state index contributed by atoms with van der Waals surface area (Å²) in [5.41, 5.74) is -1.27. The SMILES string of the molecule is CC(C)S(=O)(=O)N1CCN(c2cc(S(=O)(=O)NC3(C#N)CC3)cn3c(-c4nnc(C(F)F)s4)nc(F)c23)CC1. The number of hydrogen-bond acceptors (Lipinski definition) is 10. The topological polar surface area (TPSA) is 154 Å². The molecule has 0 spiro atoms. The molecule has 2 fully saturated rings. The van der Waals surface area contributed by atoms with E-state index in [0.717, 1.165) is 10.6 Å². The van der Waals surface area contributed by atoms with Gasteiger partial charge in [0.1, 0.15) is 16.0 Å². The third-order valence-corrected chi connectivity index (χ3v) is 11.3. The Hall–Kier alpha value is -2.85. The fraction of sp³-hybridized carbons (Fsp3) is 0.524. The van der Waals surface area contributed by atoms with Gasteiger partial charge in [0.05, 0.1) is 17.0 Å². The van der Waals surface area contributed by atoms with E-state index >= 15 is 4.39 Å². The molecular weight excluding hydrogens is 581 g/mol. The number of rotatable bonds is 8. The van der Waals surface area contributed by atoms with Gasteiger partial charge in [0, 0.05) is 32.4 Å². The normalized spacial score (nSPS) is 18.3. The molecule has 5 rings (SSSR count). The third kappa shape index (κ3) is 4.97. The molecule has 3 aromatic heterocycles. The number of anilines is 1. The maximum absolute atomic E-state index is 15.3. The Morgan fingerprint density at radius 3 is 2.33 bits per heavy atom. The van der Waals surface area contributed by atoms with Gasteiger partial charge in [-0.2, -0.15) is 23.7 Å². The third-order valence-electron chi connectivity index (χ3n) is 6.60. The van der Waals surface area contributed by atoms with E-state index in [4.69, 9.17) is 0 Å². The summed E-state index contributed by atoms with van der Waals surface area (Å²) in [6.07, 6.45) is -1.17. The number of sulfonamides is 2. The lowest BCUT2D eigenvalue weighted by Crippen LogP contribution is -2.50. The van der Waals surface area contributed by atoms with Crippen molar-refractivity contribution in [2.75, 3.05) is 31.1 Å². The number of pyridine rings is 1. The van der Waals surface area contributed by atoms with Crippen LogP contribution in [0.5, 0.6) is 0 Å². The van der Waals surface area contributed by atoms with Gasteiger partial charge in [0.15, 0.2) is 15.8 Å². The van der Waals surface area contributed by atoms with Crippen LogP contribution in [0.15, 0.2) is 17.2 Å². The number of nitriles is 1. The summed E-state index contributed by atoms with van der Waals surface area (Å²) in [5.74, 6) is -1.23. The van der Waals surface area contributed by atoms with Gasteiger partial charge in [-0.25, -0.2) is 25.6 Å². The first-order valence-electron chi connectivity index (χ1n) is 11.8. The highest BCUT2D eigenvalue weighted by Crippen LogP contribution is 2.38. The maximum Gasteiger partial charge on any atom is 0.291 e. The van der Waals surface area contributed by atoms with E-state index in [1.807, 2.05) is 6.07 Å². The molecule has 12 nitrogen and oxygen atoms in total. The minimum Gasteiger partial charge on any atom is -0.367 e. The van der Waals surface area contributed by atoms with E-state index in [-0.39, 0.29) is 53.1 Å². The van der Waals surface area contributed by atoms with Crippen LogP contribution in [-0.4, -0.2) is 77.7 Å². The van der Waals surface area contributed by atoms with Gasteiger partial charge in [-0.3, -0.25) is 4.40 Å². The van der Waals surface area contributed by atoms with Gasteiger partial charge in [0.2, 0.25) is 26.0 Å². The van der Waals surface area contributed by atoms with E-state index in [9.17, 15) is 30.9 Å². The van der Waals surface area contributed by atoms with Crippen LogP contribution in [0.4, 0.5) is 18.9 Å². The van der Waals surface area contributed by atoms with Gasteiger partial charge in [-0.15, -0.1) is 10.2 Å². The van der Waals surface area contributed by atoms with E-state index in [1.165, 1.54) is 10.4 Å². The van der Waals surface area contributed by atoms with Crippen LogP contribution in [-0.2, 0) is 20.0 Å². The number of hydrogen-bond donors (Lipinski definition) is 1. The first-order chi connectivity index (χ1) is 18.3. The number of imidazole rings is 1. The van der Waals surface area contributed by atoms with Crippen molar-refractivity contribution in [3.05, 3.63) is 23.2 Å². The molecule has 1 aliphatic carbocycles. The molecule has 0 radical (unpaired) electrons. The molecule has 0 atom stereocenters. The number of nitrogens with zero attached hydrogens (tertiary/aromatic N) is 7. The van der Waals surface area contributed by atoms with Crippen molar-refractivity contribution >= 4 is 42.6 Å². The van der Waals surface area contributed by atoms with Crippen LogP contribution in [0.1, 0.15) is 38.1 Å². The molecule has 0 amide bonds. The van der Waals surface area contributed by atoms with Crippen LogP contribution in [0.3, 0.4) is 0 Å². The Balaban J connectivity index is 1.62. The summed E-state index contributed by atoms with van der Waals surface area (Å²) in [4.78, 5) is 5.17. The fourth-order valence-electron chi connectivity index (χ4n) is 4.24. The van der Waals surface area contributed by atoms with E-state index < -0.39 is 48.2 Å². The molecule has 1 aliphatic heterocycles. The second-order valence-electron chi connectivity index (χ2n) is 9.53. The van der Waals surface area contributed by atoms with Crippen LogP contribution in [0, 0.1) is 17.3 Å². The highest BCUT2D eigenvalue weighted by Gasteiger charge is 2.47. The smallest absolute Gasteiger partial charge is 0.291 e. The highest BCUT2D eigenvalue weighted by atomic mass is 32.2. The molecule has 39 heavy (non-hydrogen) atoms. The molecule has 1 N–H and O–H groups in total. The standard InChI is InChI=1S/C21H23F3N8O4S3/c1-12(2)39(35,36)31-7-5-30(6-8-31)14-9-13(38(33,34)29-21(11-25)3-4-21)10-32-15(14)17(24)26-18(32)20-28-27-19(37-20)16(22)23/h9-10,12,16,29H,3-8H2,1-2H3. The first-order valence-corrected chi connectivity index (χ1v) is 15.6. The van der Waals surface area contributed by atoms with Gasteiger partial charge >= 0.3 is 0 Å². The average molecular weight is 605 g/mol. The second kappa shape index (κ2) is 9.66. The predicted octanol–water partition coefficient (Wildman–Crippen LogP) is 2.12. The summed E-state index contributed by atoms with van der Waals surface area (Å²) < 4.78 is 98.3. The number of halogens is 3. The molecule has 0 unspecified atom stereocenters. The molecule has 3 aromatic rings. The number of piperazine rings is 1. The lowest BCUT2D eigenvalue weighted by Gasteiger charge is -2.36. The molecule has 18 heteroatoms. The largest absolute Gasteiger partial charge is 0.367 e. The van der Waals surface area contributed by atoms with E-state index in [2.05, 4.69) is 19.9 Å². The Morgan fingerprint density at radius 2 is 1.79 bits per heavy atom. The number of nitrogens with one attached hydrogen (secondary N) is 1. The number of alkyl halides is 2. The van der Waals surface area contributed by atoms with Crippen LogP contribution in [0.25, 0.3) is 16.3 Å². The molecule has 1 saturated heterocycles. The summed E-state index contributed by atoms with van der Waals surface area (Å²) in [7, 11) is -7.83. The second-order valence-corrected chi connectivity index (χ2v) is 14.7. The van der Waals surface area contributed by atoms with Gasteiger partial charge in [0.25, 0.3) is 6.43 Å². The maximum atomic E-state index is 15.3. The fourth-order valence-corrected chi connectivity index (χ4v) is 7.59. The lowest BCUT2D eigenvalue weighted by molar-refractivity contribution is 0.150. The van der Waals surface area contributed by atoms with Crippen molar-refractivity contribution in [2.45, 2.75) is 48.8 Å². The number of aromatic nitrogens is 4. The Morgan fingerprint density at radius 1 is 1.13 bits per heavy atom. The van der Waals surface area contributed by atoms with Crippen LogP contribution in [0.2, 0.25) is 0 Å². The summed E-state index contributed by atoms with van der Waals surface area (Å²) in [6.45, 7) is 3.53. The molecule has 4 heterocycles. The van der Waals surface area contributed by atoms with Crippen molar-refractivity contribution in [2.24, 2.45) is 0 Å². The summed E-state index contributed by atoms with van der Waals surface area (Å²) in [5, 5.41) is 15.1. The highest BCUT2D eigenvalue weighted by molar-refractivity contribution is 7.89. The Bertz CT molecular complexity index is 1690. The van der Waals surface area contributed by atoms with Crippen molar-refractivity contribution in [3.8, 4) is 16.9 Å². The predicted molar refractivity (Wildman–Crippen MR) is 135 cm³/mol. The van der Waals surface area contributed by atoms with Crippen LogP contribution >= 0.6 is 11.3 Å². The molecule has 1 saturated carbocycles. The van der Waals surface area contributed by atoms with Crippen molar-refractivity contribution in [3.63, 3.8) is 0 Å². The Labute approximate surface area is 226 Å². The van der Waals surface area contributed by atoms with Crippen molar-refractivity contribution in [1.29, 1.82) is 5.26 Å². The lowest BCUT2D eigenvalue weighted by atomic mass is 10.2. The van der Waals surface area contributed by atoms with Crippen LogP contribution < -0.4 is 9.62 Å². The summed E-state index contributed by atoms with van der Waals surface area (Å²) >= 11 is 0.489. The minimum absolute atomic E-state index is 0.0796. The molecule has 0 bridgehead atoms. The van der Waals surface area contributed by atoms with Gasteiger partial charge < -0.3 is 4.90 Å². The summed E-state index contributed by atoms with van der Waals surface area (Å²) in [6, 6.07) is 3.18. The zero-order valence-electron chi connectivity index (χ0n) is 20.7. The monoisotopic (exact) mass is 604 g/mol. The quantitative estimate of drug-likeness (QED) is 0.407. The minimum atomic E-state index is -4.29. The molecule has 0 aromatic carbocycles. The van der Waals surface area contributed by atoms with E-state index in [1.54, 1.807) is 18.7 Å². The van der Waals surface area contributed by atoms with Crippen molar-refractivity contribution < 1.29 is 30.0 Å². The van der Waals surface area contributed by atoms with Crippen molar-refractivity contribution in [1.82, 2.24) is 28.6 Å². The Kier molecular flexibility index (Phi) is 6.86. The molecule has 2 aliphatic rings. The zero-order chi connectivity index (χ0) is 28.3. The number of fused-ring (bicyclic) bond motifs is 1. The molecule has 210 valence electrons. The van der Waals surface area contributed by atoms with Gasteiger partial charge in [-0.05, 0) is 32.8 Å². The van der Waals surface area contributed by atoms with E-state index in [0.29, 0.717) is 24.2 Å². The molecular formula is C21H23F3N8O4S3. The first kappa shape index (κ1) is 27.7. The van der Waals surface area contributed by atoms with Gasteiger partial charge in [-0.1, -0.05) is 11.3 Å². The average Bonchev–Trinajstić information content (AvgIpc) is 3.31.